The van der Waals surface area contributed by atoms with Gasteiger partial charge in [-0.25, -0.2) is 9.59 Å². The third kappa shape index (κ3) is 1.23. The molecule has 1 heterocycles. The van der Waals surface area contributed by atoms with Crippen molar-refractivity contribution in [2.45, 2.75) is 0 Å². The second kappa shape index (κ2) is 2.49. The molecular weight excluding hydrogens is 152 g/mol. The maximum absolute atomic E-state index is 10.3. The predicted octanol–water partition coefficient (Wildman–Crippen LogP) is -1.48. The molecule has 0 bridgehead atoms. The van der Waals surface area contributed by atoms with Gasteiger partial charge in [0.1, 0.15) is 0 Å². The minimum absolute atomic E-state index is 0.142. The molecule has 0 aromatic carbocycles. The van der Waals surface area contributed by atoms with Gasteiger partial charge < -0.3 is 20.8 Å². The molecule has 0 saturated carbocycles. The third-order valence-electron chi connectivity index (χ3n) is 1.21. The highest BCUT2D eigenvalue weighted by atomic mass is 16.4. The van der Waals surface area contributed by atoms with Gasteiger partial charge in [-0.2, -0.15) is 0 Å². The summed E-state index contributed by atoms with van der Waals surface area (Å²) >= 11 is 0. The Morgan fingerprint density at radius 3 is 1.73 bits per heavy atom. The fraction of sp³-hybridized carbons (Fsp3) is 0.200. The molecule has 0 aromatic heterocycles. The Morgan fingerprint density at radius 2 is 1.45 bits per heavy atom. The van der Waals surface area contributed by atoms with Crippen LogP contribution in [0.15, 0.2) is 11.4 Å². The van der Waals surface area contributed by atoms with Gasteiger partial charge in [0.2, 0.25) is 0 Å². The van der Waals surface area contributed by atoms with Gasteiger partial charge in [0.25, 0.3) is 0 Å². The van der Waals surface area contributed by atoms with Crippen LogP contribution < -0.4 is 10.6 Å². The summed E-state index contributed by atoms with van der Waals surface area (Å²) in [7, 11) is 0. The van der Waals surface area contributed by atoms with E-state index in [1.807, 2.05) is 0 Å². The monoisotopic (exact) mass is 158 g/mol. The smallest absolute Gasteiger partial charge is 0.354 e. The van der Waals surface area contributed by atoms with Gasteiger partial charge in [0.15, 0.2) is 11.4 Å². The second-order valence-corrected chi connectivity index (χ2v) is 1.89. The van der Waals surface area contributed by atoms with Crippen molar-refractivity contribution in [1.82, 2.24) is 10.6 Å². The first-order valence-corrected chi connectivity index (χ1v) is 2.81. The molecule has 0 spiro atoms. The zero-order chi connectivity index (χ0) is 8.43. The van der Waals surface area contributed by atoms with E-state index in [2.05, 4.69) is 10.6 Å². The van der Waals surface area contributed by atoms with Crippen LogP contribution in [0.5, 0.6) is 0 Å². The van der Waals surface area contributed by atoms with Crippen molar-refractivity contribution in [1.29, 1.82) is 0 Å². The van der Waals surface area contributed by atoms with Crippen molar-refractivity contribution in [2.24, 2.45) is 0 Å². The average Bonchev–Trinajstić information content (AvgIpc) is 2.32. The lowest BCUT2D eigenvalue weighted by atomic mass is 10.3. The summed E-state index contributed by atoms with van der Waals surface area (Å²) in [5, 5.41) is 21.6. The summed E-state index contributed by atoms with van der Waals surface area (Å²) < 4.78 is 0. The van der Waals surface area contributed by atoms with E-state index < -0.39 is 11.9 Å². The Morgan fingerprint density at radius 1 is 1.09 bits per heavy atom. The highest BCUT2D eigenvalue weighted by Crippen LogP contribution is 2.03. The molecule has 1 aliphatic rings. The first-order valence-electron chi connectivity index (χ1n) is 2.81. The zero-order valence-electron chi connectivity index (χ0n) is 5.42. The Bertz CT molecular complexity index is 221. The highest BCUT2D eigenvalue weighted by Gasteiger charge is 2.24. The Labute approximate surface area is 61.5 Å². The lowest BCUT2D eigenvalue weighted by molar-refractivity contribution is -0.136. The van der Waals surface area contributed by atoms with Gasteiger partial charge in [-0.15, -0.1) is 0 Å². The lowest BCUT2D eigenvalue weighted by Gasteiger charge is -1.94. The molecule has 0 atom stereocenters. The molecule has 0 aliphatic carbocycles. The standard InChI is InChI=1S/C5H6N2O4/c8-4(9)2-3(5(10)11)7-1-6-2/h6-7H,1H2,(H,8,9)(H,10,11). The maximum atomic E-state index is 10.3. The van der Waals surface area contributed by atoms with E-state index in [0.29, 0.717) is 0 Å². The average molecular weight is 158 g/mol. The van der Waals surface area contributed by atoms with Crippen LogP contribution >= 0.6 is 0 Å². The number of hydrogen-bond acceptors (Lipinski definition) is 4. The number of hydrogen-bond donors (Lipinski definition) is 4. The molecule has 4 N–H and O–H groups in total. The number of carbonyl (C=O) groups is 2. The normalized spacial score (nSPS) is 15.6. The number of nitrogens with one attached hydrogen (secondary N) is 2. The molecule has 0 saturated heterocycles. The van der Waals surface area contributed by atoms with Gasteiger partial charge in [-0.1, -0.05) is 0 Å². The van der Waals surface area contributed by atoms with Crippen molar-refractivity contribution >= 4 is 11.9 Å². The number of carboxylic acids is 2. The quantitative estimate of drug-likeness (QED) is 0.391. The Kier molecular flexibility index (Phi) is 1.67. The van der Waals surface area contributed by atoms with E-state index in [1.165, 1.54) is 0 Å². The minimum Gasteiger partial charge on any atom is -0.477 e. The Hall–Kier alpha value is -1.72. The van der Waals surface area contributed by atoms with Gasteiger partial charge >= 0.3 is 11.9 Å². The van der Waals surface area contributed by atoms with Crippen LogP contribution in [0.1, 0.15) is 0 Å². The van der Waals surface area contributed by atoms with Gasteiger partial charge in [-0.05, 0) is 0 Å². The zero-order valence-corrected chi connectivity index (χ0v) is 5.42. The van der Waals surface area contributed by atoms with Crippen molar-refractivity contribution in [3.05, 3.63) is 11.4 Å². The molecule has 6 nitrogen and oxygen atoms in total. The summed E-state index contributed by atoms with van der Waals surface area (Å²) in [6, 6.07) is 0. The molecule has 0 aromatic rings. The van der Waals surface area contributed by atoms with Crippen LogP contribution in [0.2, 0.25) is 0 Å². The molecule has 0 radical (unpaired) electrons. The molecule has 11 heavy (non-hydrogen) atoms. The van der Waals surface area contributed by atoms with Crippen LogP contribution in [0.25, 0.3) is 0 Å². The third-order valence-corrected chi connectivity index (χ3v) is 1.21. The largest absolute Gasteiger partial charge is 0.477 e. The molecular formula is C5H6N2O4. The van der Waals surface area contributed by atoms with Crippen LogP contribution in [-0.4, -0.2) is 28.8 Å². The molecule has 0 unspecified atom stereocenters. The first-order chi connectivity index (χ1) is 5.13. The SMILES string of the molecule is O=C(O)C1=C(C(=O)O)NCN1. The minimum atomic E-state index is -1.27. The van der Waals surface area contributed by atoms with Gasteiger partial charge in [0, 0.05) is 0 Å². The van der Waals surface area contributed by atoms with Crippen LogP contribution in [0, 0.1) is 0 Å². The summed E-state index contributed by atoms with van der Waals surface area (Å²) in [6.45, 7) is 0.142. The summed E-state index contributed by atoms with van der Waals surface area (Å²) in [6.07, 6.45) is 0. The van der Waals surface area contributed by atoms with Crippen molar-refractivity contribution < 1.29 is 19.8 Å². The van der Waals surface area contributed by atoms with E-state index in [4.69, 9.17) is 10.2 Å². The predicted molar refractivity (Wildman–Crippen MR) is 33.4 cm³/mol. The maximum Gasteiger partial charge on any atom is 0.354 e. The molecule has 1 aliphatic heterocycles. The topological polar surface area (TPSA) is 98.7 Å². The fourth-order valence-corrected chi connectivity index (χ4v) is 0.763. The molecule has 60 valence electrons. The Balaban J connectivity index is 2.95. The van der Waals surface area contributed by atoms with E-state index in [0.717, 1.165) is 0 Å². The lowest BCUT2D eigenvalue weighted by Crippen LogP contribution is -2.18. The number of rotatable bonds is 2. The van der Waals surface area contributed by atoms with E-state index in [-0.39, 0.29) is 18.1 Å². The number of aliphatic carboxylic acids is 2. The van der Waals surface area contributed by atoms with Crippen LogP contribution in [-0.2, 0) is 9.59 Å². The molecule has 1 rings (SSSR count). The summed E-state index contributed by atoms with van der Waals surface area (Å²) in [5.41, 5.74) is -0.588. The van der Waals surface area contributed by atoms with Crippen molar-refractivity contribution in [2.75, 3.05) is 6.67 Å². The van der Waals surface area contributed by atoms with E-state index in [1.54, 1.807) is 0 Å². The highest BCUT2D eigenvalue weighted by molar-refractivity contribution is 5.98. The van der Waals surface area contributed by atoms with Gasteiger partial charge in [-0.3, -0.25) is 0 Å². The van der Waals surface area contributed by atoms with Crippen molar-refractivity contribution in [3.8, 4) is 0 Å². The van der Waals surface area contributed by atoms with Crippen LogP contribution in [0.3, 0.4) is 0 Å². The van der Waals surface area contributed by atoms with Crippen LogP contribution in [0.4, 0.5) is 0 Å². The molecule has 0 amide bonds. The summed E-state index contributed by atoms with van der Waals surface area (Å²) in [4.78, 5) is 20.6. The van der Waals surface area contributed by atoms with Crippen molar-refractivity contribution in [3.63, 3.8) is 0 Å². The van der Waals surface area contributed by atoms with Gasteiger partial charge in [0.05, 0.1) is 6.67 Å². The second-order valence-electron chi connectivity index (χ2n) is 1.89. The molecule has 6 heteroatoms. The fourth-order valence-electron chi connectivity index (χ4n) is 0.763. The number of carboxylic acid groups (broad SMARTS) is 2. The summed E-state index contributed by atoms with van der Waals surface area (Å²) in [5.74, 6) is -2.54. The van der Waals surface area contributed by atoms with E-state index >= 15 is 0 Å². The first kappa shape index (κ1) is 7.39. The molecule has 0 fully saturated rings. The van der Waals surface area contributed by atoms with E-state index in [9.17, 15) is 9.59 Å².